The fourth-order valence-corrected chi connectivity index (χ4v) is 3.94. The third kappa shape index (κ3) is 6.49. The van der Waals surface area contributed by atoms with E-state index in [-0.39, 0.29) is 17.4 Å². The zero-order valence-electron chi connectivity index (χ0n) is 18.0. The smallest absolute Gasteiger partial charge is 0.262 e. The van der Waals surface area contributed by atoms with Crippen molar-refractivity contribution in [1.29, 1.82) is 0 Å². The second kappa shape index (κ2) is 10.7. The number of amides is 1. The Kier molecular flexibility index (Phi) is 7.72. The van der Waals surface area contributed by atoms with E-state index in [1.165, 1.54) is 29.8 Å². The Morgan fingerprint density at radius 3 is 1.94 bits per heavy atom. The van der Waals surface area contributed by atoms with Crippen LogP contribution in [0.15, 0.2) is 77.7 Å². The van der Waals surface area contributed by atoms with Gasteiger partial charge in [0.2, 0.25) is 0 Å². The van der Waals surface area contributed by atoms with Crippen molar-refractivity contribution in [3.63, 3.8) is 0 Å². The summed E-state index contributed by atoms with van der Waals surface area (Å²) in [6.45, 7) is 4.33. The Morgan fingerprint density at radius 1 is 0.781 bits per heavy atom. The van der Waals surface area contributed by atoms with Gasteiger partial charge in [0.05, 0.1) is 11.5 Å². The van der Waals surface area contributed by atoms with E-state index < -0.39 is 10.0 Å². The van der Waals surface area contributed by atoms with E-state index in [9.17, 15) is 13.2 Å². The Hall–Kier alpha value is -3.52. The zero-order valence-corrected chi connectivity index (χ0v) is 18.8. The number of anilines is 2. The van der Waals surface area contributed by atoms with Gasteiger partial charge in [-0.15, -0.1) is 0 Å². The number of aryl methyl sites for hydroxylation is 1. The predicted octanol–water partition coefficient (Wildman–Crippen LogP) is 4.47. The SMILES string of the molecule is CCOc1ccc(NS(=O)(=O)c2ccc(NC(=O)COc3ccc(CC)cc3)cc2)cc1. The molecule has 3 aromatic rings. The summed E-state index contributed by atoms with van der Waals surface area (Å²) < 4.78 is 38.6. The fourth-order valence-electron chi connectivity index (χ4n) is 2.88. The van der Waals surface area contributed by atoms with Crippen LogP contribution in [-0.2, 0) is 21.2 Å². The molecule has 0 unspecified atom stereocenters. The molecule has 3 aromatic carbocycles. The molecule has 0 aliphatic heterocycles. The molecule has 0 radical (unpaired) electrons. The largest absolute Gasteiger partial charge is 0.494 e. The van der Waals surface area contributed by atoms with Crippen LogP contribution in [0.1, 0.15) is 19.4 Å². The highest BCUT2D eigenvalue weighted by Gasteiger charge is 2.14. The molecular formula is C24H26N2O5S. The quantitative estimate of drug-likeness (QED) is 0.472. The van der Waals surface area contributed by atoms with Crippen LogP contribution in [0, 0.1) is 0 Å². The highest BCUT2D eigenvalue weighted by atomic mass is 32.2. The summed E-state index contributed by atoms with van der Waals surface area (Å²) in [6, 6.07) is 20.1. The molecule has 8 heteroatoms. The molecule has 0 bridgehead atoms. The van der Waals surface area contributed by atoms with Crippen molar-refractivity contribution >= 4 is 27.3 Å². The van der Waals surface area contributed by atoms with Crippen molar-refractivity contribution in [2.75, 3.05) is 23.3 Å². The third-order valence-corrected chi connectivity index (χ3v) is 5.96. The molecule has 0 atom stereocenters. The lowest BCUT2D eigenvalue weighted by molar-refractivity contribution is -0.118. The lowest BCUT2D eigenvalue weighted by Gasteiger charge is -2.11. The average molecular weight is 455 g/mol. The van der Waals surface area contributed by atoms with Crippen LogP contribution in [0.25, 0.3) is 0 Å². The molecule has 2 N–H and O–H groups in total. The summed E-state index contributed by atoms with van der Waals surface area (Å²) in [6.07, 6.45) is 0.933. The van der Waals surface area contributed by atoms with E-state index >= 15 is 0 Å². The van der Waals surface area contributed by atoms with E-state index in [1.807, 2.05) is 31.2 Å². The maximum absolute atomic E-state index is 12.6. The first-order chi connectivity index (χ1) is 15.4. The Bertz CT molecular complexity index is 1130. The minimum absolute atomic E-state index is 0.0802. The minimum atomic E-state index is -3.76. The summed E-state index contributed by atoms with van der Waals surface area (Å²) >= 11 is 0. The van der Waals surface area contributed by atoms with Crippen LogP contribution >= 0.6 is 0 Å². The van der Waals surface area contributed by atoms with Crippen LogP contribution in [0.3, 0.4) is 0 Å². The van der Waals surface area contributed by atoms with Crippen molar-refractivity contribution < 1.29 is 22.7 Å². The molecule has 0 saturated carbocycles. The predicted molar refractivity (Wildman–Crippen MR) is 125 cm³/mol. The Balaban J connectivity index is 1.55. The lowest BCUT2D eigenvalue weighted by atomic mass is 10.2. The van der Waals surface area contributed by atoms with Crippen molar-refractivity contribution in [2.24, 2.45) is 0 Å². The molecule has 0 spiro atoms. The third-order valence-electron chi connectivity index (χ3n) is 4.57. The van der Waals surface area contributed by atoms with E-state index in [1.54, 1.807) is 24.3 Å². The molecule has 0 aliphatic carbocycles. The van der Waals surface area contributed by atoms with Crippen molar-refractivity contribution in [3.05, 3.63) is 78.4 Å². The van der Waals surface area contributed by atoms with Gasteiger partial charge >= 0.3 is 0 Å². The van der Waals surface area contributed by atoms with Crippen LogP contribution in [0.4, 0.5) is 11.4 Å². The number of rotatable bonds is 10. The van der Waals surface area contributed by atoms with E-state index in [0.717, 1.165) is 6.42 Å². The van der Waals surface area contributed by atoms with E-state index in [2.05, 4.69) is 17.0 Å². The normalized spacial score (nSPS) is 10.9. The molecule has 3 rings (SSSR count). The first-order valence-corrected chi connectivity index (χ1v) is 11.7. The maximum atomic E-state index is 12.6. The molecule has 1 amide bonds. The fraction of sp³-hybridized carbons (Fsp3) is 0.208. The number of sulfonamides is 1. The molecule has 32 heavy (non-hydrogen) atoms. The molecular weight excluding hydrogens is 428 g/mol. The van der Waals surface area contributed by atoms with Gasteiger partial charge in [-0.1, -0.05) is 19.1 Å². The molecule has 0 heterocycles. The Labute approximate surface area is 188 Å². The molecule has 0 saturated heterocycles. The van der Waals surface area contributed by atoms with Gasteiger partial charge in [0, 0.05) is 11.4 Å². The zero-order chi connectivity index (χ0) is 23.0. The van der Waals surface area contributed by atoms with Crippen LogP contribution < -0.4 is 19.5 Å². The van der Waals surface area contributed by atoms with Gasteiger partial charge in [-0.05, 0) is 79.6 Å². The van der Waals surface area contributed by atoms with Gasteiger partial charge in [-0.25, -0.2) is 8.42 Å². The second-order valence-electron chi connectivity index (χ2n) is 6.92. The van der Waals surface area contributed by atoms with Crippen molar-refractivity contribution in [1.82, 2.24) is 0 Å². The number of nitrogens with one attached hydrogen (secondary N) is 2. The topological polar surface area (TPSA) is 93.7 Å². The number of hydrogen-bond donors (Lipinski definition) is 2. The summed E-state index contributed by atoms with van der Waals surface area (Å²) in [5.41, 5.74) is 2.09. The van der Waals surface area contributed by atoms with Crippen LogP contribution in [0.2, 0.25) is 0 Å². The van der Waals surface area contributed by atoms with Gasteiger partial charge in [0.15, 0.2) is 6.61 Å². The molecule has 7 nitrogen and oxygen atoms in total. The Morgan fingerprint density at radius 2 is 1.34 bits per heavy atom. The summed E-state index contributed by atoms with van der Waals surface area (Å²) in [7, 11) is -3.76. The first kappa shape index (κ1) is 23.1. The average Bonchev–Trinajstić information content (AvgIpc) is 2.80. The van der Waals surface area contributed by atoms with E-state index in [4.69, 9.17) is 9.47 Å². The van der Waals surface area contributed by atoms with E-state index in [0.29, 0.717) is 29.5 Å². The number of ether oxygens (including phenoxy) is 2. The number of benzene rings is 3. The lowest BCUT2D eigenvalue weighted by Crippen LogP contribution is -2.20. The van der Waals surface area contributed by atoms with Gasteiger partial charge < -0.3 is 14.8 Å². The second-order valence-corrected chi connectivity index (χ2v) is 8.60. The molecule has 168 valence electrons. The van der Waals surface area contributed by atoms with Crippen LogP contribution in [-0.4, -0.2) is 27.5 Å². The highest BCUT2D eigenvalue weighted by Crippen LogP contribution is 2.21. The molecule has 0 fully saturated rings. The maximum Gasteiger partial charge on any atom is 0.262 e. The van der Waals surface area contributed by atoms with Gasteiger partial charge in [0.1, 0.15) is 11.5 Å². The van der Waals surface area contributed by atoms with Gasteiger partial charge in [0.25, 0.3) is 15.9 Å². The first-order valence-electron chi connectivity index (χ1n) is 10.3. The summed E-state index contributed by atoms with van der Waals surface area (Å²) in [5, 5.41) is 2.69. The molecule has 0 aliphatic rings. The van der Waals surface area contributed by atoms with Gasteiger partial charge in [-0.3, -0.25) is 9.52 Å². The number of carbonyl (C=O) groups excluding carboxylic acids is 1. The minimum Gasteiger partial charge on any atom is -0.494 e. The van der Waals surface area contributed by atoms with Crippen molar-refractivity contribution in [3.8, 4) is 11.5 Å². The summed E-state index contributed by atoms with van der Waals surface area (Å²) in [4.78, 5) is 12.2. The molecule has 0 aromatic heterocycles. The highest BCUT2D eigenvalue weighted by molar-refractivity contribution is 7.92. The van der Waals surface area contributed by atoms with Crippen molar-refractivity contribution in [2.45, 2.75) is 25.2 Å². The standard InChI is InChI=1S/C24H26N2O5S/c1-3-18-5-11-22(12-6-18)31-17-24(27)25-19-9-15-23(16-10-19)32(28,29)26-20-7-13-21(14-8-20)30-4-2/h5-16,26H,3-4,17H2,1-2H3,(H,25,27). The number of carbonyl (C=O) groups is 1. The van der Waals surface area contributed by atoms with Crippen LogP contribution in [0.5, 0.6) is 11.5 Å². The summed E-state index contributed by atoms with van der Waals surface area (Å²) in [5.74, 6) is 0.935. The number of hydrogen-bond acceptors (Lipinski definition) is 5. The monoisotopic (exact) mass is 454 g/mol. The van der Waals surface area contributed by atoms with Gasteiger partial charge in [-0.2, -0.15) is 0 Å².